The van der Waals surface area contributed by atoms with E-state index in [2.05, 4.69) is 40.0 Å². The van der Waals surface area contributed by atoms with Gasteiger partial charge in [-0.25, -0.2) is 0 Å². The summed E-state index contributed by atoms with van der Waals surface area (Å²) in [6.45, 7) is 2.47. The number of nitriles is 1. The van der Waals surface area contributed by atoms with Crippen LogP contribution < -0.4 is 14.8 Å². The van der Waals surface area contributed by atoms with Gasteiger partial charge in [0.1, 0.15) is 18.2 Å². The number of nitrogens with one attached hydrogen (secondary N) is 1. The Bertz CT molecular complexity index is 971. The largest absolute Gasteiger partial charge is 0.493 e. The van der Waals surface area contributed by atoms with E-state index >= 15 is 0 Å². The Kier molecular flexibility index (Phi) is 7.75. The van der Waals surface area contributed by atoms with E-state index in [1.165, 1.54) is 5.56 Å². The minimum Gasteiger partial charge on any atom is -0.493 e. The van der Waals surface area contributed by atoms with Gasteiger partial charge < -0.3 is 14.8 Å². The number of carbonyl (C=O) groups is 1. The Balaban J connectivity index is 1.77. The lowest BCUT2D eigenvalue weighted by Crippen LogP contribution is -2.33. The molecule has 0 atom stereocenters. The van der Waals surface area contributed by atoms with Crippen LogP contribution in [0.5, 0.6) is 11.5 Å². The lowest BCUT2D eigenvalue weighted by Gasteiger charge is -2.14. The summed E-state index contributed by atoms with van der Waals surface area (Å²) < 4.78 is 12.4. The number of hydrogen-bond donors (Lipinski definition) is 1. The van der Waals surface area contributed by atoms with Crippen molar-refractivity contribution < 1.29 is 14.3 Å². The van der Waals surface area contributed by atoms with Crippen LogP contribution in [-0.4, -0.2) is 19.1 Å². The number of halogens is 1. The third kappa shape index (κ3) is 5.76. The highest BCUT2D eigenvalue weighted by Gasteiger charge is 2.20. The molecule has 1 N–H and O–H groups in total. The van der Waals surface area contributed by atoms with Gasteiger partial charge in [0.25, 0.3) is 5.91 Å². The van der Waals surface area contributed by atoms with Crippen molar-refractivity contribution in [1.82, 2.24) is 5.32 Å². The van der Waals surface area contributed by atoms with Crippen molar-refractivity contribution in [1.29, 1.82) is 5.26 Å². The van der Waals surface area contributed by atoms with Gasteiger partial charge in [-0.3, -0.25) is 4.79 Å². The van der Waals surface area contributed by atoms with E-state index in [4.69, 9.17) is 9.47 Å². The van der Waals surface area contributed by atoms with Gasteiger partial charge in [-0.1, -0.05) is 42.7 Å². The first-order chi connectivity index (χ1) is 14.5. The number of aryl methyl sites for hydroxylation is 1. The van der Waals surface area contributed by atoms with Crippen LogP contribution in [0.2, 0.25) is 0 Å². The van der Waals surface area contributed by atoms with Crippen LogP contribution in [0.1, 0.15) is 42.4 Å². The van der Waals surface area contributed by atoms with E-state index in [0.717, 1.165) is 40.4 Å². The molecule has 1 fully saturated rings. The molecule has 2 aromatic rings. The van der Waals surface area contributed by atoms with E-state index in [0.29, 0.717) is 18.1 Å². The van der Waals surface area contributed by atoms with E-state index in [9.17, 15) is 10.1 Å². The molecule has 0 heterocycles. The molecule has 3 rings (SSSR count). The van der Waals surface area contributed by atoms with Crippen molar-refractivity contribution in [2.24, 2.45) is 0 Å². The molecule has 1 aliphatic carbocycles. The summed E-state index contributed by atoms with van der Waals surface area (Å²) in [5.74, 6) is 0.886. The molecule has 0 spiro atoms. The topological polar surface area (TPSA) is 71.3 Å². The summed E-state index contributed by atoms with van der Waals surface area (Å²) in [6, 6.07) is 14.0. The number of methoxy groups -OCH3 is 1. The zero-order chi connectivity index (χ0) is 21.5. The summed E-state index contributed by atoms with van der Waals surface area (Å²) in [6.07, 6.45) is 5.79. The summed E-state index contributed by atoms with van der Waals surface area (Å²) in [5, 5.41) is 12.4. The van der Waals surface area contributed by atoms with Crippen LogP contribution in [0.25, 0.3) is 6.08 Å². The molecular weight excluding hydrogens is 491 g/mol. The van der Waals surface area contributed by atoms with Crippen molar-refractivity contribution >= 4 is 34.6 Å². The van der Waals surface area contributed by atoms with Gasteiger partial charge in [0.2, 0.25) is 0 Å². The summed E-state index contributed by atoms with van der Waals surface area (Å²) in [7, 11) is 1.58. The van der Waals surface area contributed by atoms with Gasteiger partial charge >= 0.3 is 0 Å². The molecule has 2 aromatic carbocycles. The number of nitrogens with zero attached hydrogens (tertiary/aromatic N) is 1. The fourth-order valence-corrected chi connectivity index (χ4v) is 4.23. The Labute approximate surface area is 191 Å². The van der Waals surface area contributed by atoms with E-state index in [1.54, 1.807) is 19.3 Å². The average molecular weight is 516 g/mol. The third-order valence-electron chi connectivity index (χ3n) is 5.12. The lowest BCUT2D eigenvalue weighted by molar-refractivity contribution is -0.117. The van der Waals surface area contributed by atoms with E-state index in [-0.39, 0.29) is 17.5 Å². The summed E-state index contributed by atoms with van der Waals surface area (Å²) in [5.41, 5.74) is 3.08. The highest BCUT2D eigenvalue weighted by atomic mass is 127. The predicted molar refractivity (Wildman–Crippen MR) is 125 cm³/mol. The normalized spacial score (nSPS) is 14.3. The fourth-order valence-electron chi connectivity index (χ4n) is 3.45. The van der Waals surface area contributed by atoms with Crippen LogP contribution in [0.15, 0.2) is 42.0 Å². The molecule has 1 aliphatic rings. The molecule has 1 amide bonds. The molecular formula is C24H25IN2O3. The molecule has 5 nitrogen and oxygen atoms in total. The third-order valence-corrected chi connectivity index (χ3v) is 5.92. The number of benzene rings is 2. The van der Waals surface area contributed by atoms with Gasteiger partial charge in [-0.2, -0.15) is 5.26 Å². The van der Waals surface area contributed by atoms with Crippen LogP contribution in [0, 0.1) is 21.8 Å². The van der Waals surface area contributed by atoms with Crippen molar-refractivity contribution in [3.05, 3.63) is 62.2 Å². The summed E-state index contributed by atoms with van der Waals surface area (Å²) >= 11 is 2.18. The predicted octanol–water partition coefficient (Wildman–Crippen LogP) is 5.15. The highest BCUT2D eigenvalue weighted by molar-refractivity contribution is 14.1. The molecule has 30 heavy (non-hydrogen) atoms. The van der Waals surface area contributed by atoms with Crippen LogP contribution in [0.4, 0.5) is 0 Å². The van der Waals surface area contributed by atoms with E-state index in [1.807, 2.05) is 31.2 Å². The quantitative estimate of drug-likeness (QED) is 0.314. The molecule has 1 saturated carbocycles. The Morgan fingerprint density at radius 3 is 2.60 bits per heavy atom. The zero-order valence-electron chi connectivity index (χ0n) is 17.2. The lowest BCUT2D eigenvalue weighted by atomic mass is 10.1. The molecule has 0 unspecified atom stereocenters. The maximum Gasteiger partial charge on any atom is 0.262 e. The van der Waals surface area contributed by atoms with Gasteiger partial charge in [-0.15, -0.1) is 0 Å². The highest BCUT2D eigenvalue weighted by Crippen LogP contribution is 2.35. The zero-order valence-corrected chi connectivity index (χ0v) is 19.4. The van der Waals surface area contributed by atoms with Crippen LogP contribution in [-0.2, 0) is 11.4 Å². The smallest absolute Gasteiger partial charge is 0.262 e. The van der Waals surface area contributed by atoms with Crippen molar-refractivity contribution in [3.8, 4) is 17.6 Å². The van der Waals surface area contributed by atoms with Crippen LogP contribution >= 0.6 is 22.6 Å². The molecule has 6 heteroatoms. The molecule has 156 valence electrons. The second-order valence-electron chi connectivity index (χ2n) is 7.43. The molecule has 0 aromatic heterocycles. The minimum atomic E-state index is -0.321. The number of rotatable bonds is 7. The van der Waals surface area contributed by atoms with Gasteiger partial charge in [0.05, 0.1) is 10.7 Å². The van der Waals surface area contributed by atoms with Crippen LogP contribution in [0.3, 0.4) is 0 Å². The van der Waals surface area contributed by atoms with Gasteiger partial charge in [-0.05, 0) is 71.7 Å². The van der Waals surface area contributed by atoms with Gasteiger partial charge in [0.15, 0.2) is 11.5 Å². The first-order valence-corrected chi connectivity index (χ1v) is 11.1. The Morgan fingerprint density at radius 1 is 1.27 bits per heavy atom. The Hall–Kier alpha value is -2.53. The second kappa shape index (κ2) is 10.5. The fraction of sp³-hybridized carbons (Fsp3) is 0.333. The van der Waals surface area contributed by atoms with Crippen molar-refractivity contribution in [3.63, 3.8) is 0 Å². The second-order valence-corrected chi connectivity index (χ2v) is 8.60. The number of carbonyl (C=O) groups excluding carboxylic acids is 1. The van der Waals surface area contributed by atoms with Crippen molar-refractivity contribution in [2.75, 3.05) is 7.11 Å². The molecule has 0 saturated heterocycles. The van der Waals surface area contributed by atoms with Gasteiger partial charge in [0, 0.05) is 6.04 Å². The maximum absolute atomic E-state index is 12.5. The average Bonchev–Trinajstić information content (AvgIpc) is 3.25. The molecule has 0 bridgehead atoms. The number of amides is 1. The molecule has 0 radical (unpaired) electrons. The molecule has 0 aliphatic heterocycles. The number of ether oxygens (including phenoxy) is 2. The van der Waals surface area contributed by atoms with E-state index < -0.39 is 0 Å². The SMILES string of the molecule is COc1cc(/C=C(/C#N)C(=O)NC2CCCC2)cc(I)c1OCc1ccc(C)cc1. The monoisotopic (exact) mass is 516 g/mol. The first kappa shape index (κ1) is 22.2. The number of hydrogen-bond acceptors (Lipinski definition) is 4. The first-order valence-electron chi connectivity index (χ1n) is 9.98. The standard InChI is InChI=1S/C24H25IN2O3/c1-16-7-9-17(10-8-16)15-30-23-21(25)12-18(13-22(23)29-2)11-19(14-26)24(28)27-20-5-3-4-6-20/h7-13,20H,3-6,15H2,1-2H3,(H,27,28)/b19-11-. The summed E-state index contributed by atoms with van der Waals surface area (Å²) in [4.78, 5) is 12.5. The minimum absolute atomic E-state index is 0.0908. The maximum atomic E-state index is 12.5. The van der Waals surface area contributed by atoms with Crippen molar-refractivity contribution in [2.45, 2.75) is 45.3 Å². The Morgan fingerprint density at radius 2 is 1.97 bits per heavy atom.